The number of piperazine rings is 1. The number of nitrogens with one attached hydrogen (secondary N) is 3. The van der Waals surface area contributed by atoms with E-state index in [2.05, 4.69) is 16.0 Å². The minimum absolute atomic E-state index is 0.0205. The minimum Gasteiger partial charge on any atom is -0.480 e. The van der Waals surface area contributed by atoms with Crippen LogP contribution in [0.3, 0.4) is 0 Å². The largest absolute Gasteiger partial charge is 0.480 e. The molecule has 9 nitrogen and oxygen atoms in total. The summed E-state index contributed by atoms with van der Waals surface area (Å²) >= 11 is 0. The zero-order valence-corrected chi connectivity index (χ0v) is 11.1. The molecule has 3 amide bonds. The van der Waals surface area contributed by atoms with E-state index in [-0.39, 0.29) is 38.0 Å². The fraction of sp³-hybridized carbons (Fsp3) is 0.636. The van der Waals surface area contributed by atoms with Crippen LogP contribution in [0.5, 0.6) is 0 Å². The topological polar surface area (TPSA) is 128 Å². The first-order valence-electron chi connectivity index (χ1n) is 6.15. The van der Waals surface area contributed by atoms with Crippen molar-refractivity contribution in [1.29, 1.82) is 0 Å². The number of hydrogen-bond acceptors (Lipinski definition) is 5. The number of carbonyl (C=O) groups is 4. The van der Waals surface area contributed by atoms with E-state index in [1.807, 2.05) is 0 Å². The van der Waals surface area contributed by atoms with Crippen molar-refractivity contribution in [3.8, 4) is 0 Å². The van der Waals surface area contributed by atoms with E-state index < -0.39 is 17.9 Å². The summed E-state index contributed by atoms with van der Waals surface area (Å²) in [6, 6.07) is -0.909. The average molecular weight is 286 g/mol. The monoisotopic (exact) mass is 286 g/mol. The number of carbonyl (C=O) groups excluding carboxylic acids is 3. The molecule has 0 aromatic carbocycles. The summed E-state index contributed by atoms with van der Waals surface area (Å²) in [5, 5.41) is 16.5. The molecule has 1 unspecified atom stereocenters. The molecule has 0 radical (unpaired) electrons. The Bertz CT molecular complexity index is 412. The average Bonchev–Trinajstić information content (AvgIpc) is 2.34. The highest BCUT2D eigenvalue weighted by Gasteiger charge is 2.32. The second-order valence-electron chi connectivity index (χ2n) is 4.40. The smallest absolute Gasteiger partial charge is 0.322 e. The Morgan fingerprint density at radius 2 is 2.00 bits per heavy atom. The molecule has 0 aromatic rings. The molecule has 0 bridgehead atoms. The maximum atomic E-state index is 11.6. The maximum absolute atomic E-state index is 11.6. The molecule has 9 heteroatoms. The van der Waals surface area contributed by atoms with Crippen LogP contribution in [0.25, 0.3) is 0 Å². The normalized spacial score (nSPS) is 19.1. The van der Waals surface area contributed by atoms with Crippen molar-refractivity contribution in [2.45, 2.75) is 13.0 Å². The molecule has 4 N–H and O–H groups in total. The Hall–Kier alpha value is -2.16. The van der Waals surface area contributed by atoms with Crippen LogP contribution in [-0.4, -0.2) is 72.5 Å². The van der Waals surface area contributed by atoms with Gasteiger partial charge in [0.15, 0.2) is 0 Å². The Labute approximate surface area is 115 Å². The molecule has 20 heavy (non-hydrogen) atoms. The second-order valence-corrected chi connectivity index (χ2v) is 4.40. The molecule has 0 aromatic heterocycles. The quantitative estimate of drug-likeness (QED) is 0.388. The minimum atomic E-state index is -1.09. The van der Waals surface area contributed by atoms with E-state index in [1.165, 1.54) is 11.8 Å². The summed E-state index contributed by atoms with van der Waals surface area (Å²) in [6.07, 6.45) is 0. The van der Waals surface area contributed by atoms with Crippen LogP contribution in [0.4, 0.5) is 0 Å². The highest BCUT2D eigenvalue weighted by atomic mass is 16.4. The van der Waals surface area contributed by atoms with E-state index in [9.17, 15) is 19.2 Å². The fourth-order valence-corrected chi connectivity index (χ4v) is 1.78. The van der Waals surface area contributed by atoms with E-state index in [4.69, 9.17) is 5.11 Å². The third-order valence-electron chi connectivity index (χ3n) is 2.73. The van der Waals surface area contributed by atoms with Crippen LogP contribution in [0.1, 0.15) is 6.92 Å². The van der Waals surface area contributed by atoms with Gasteiger partial charge in [0.2, 0.25) is 17.7 Å². The van der Waals surface area contributed by atoms with E-state index in [1.54, 1.807) is 0 Å². The predicted octanol–water partition coefficient (Wildman–Crippen LogP) is -2.88. The molecule has 1 saturated heterocycles. The summed E-state index contributed by atoms with van der Waals surface area (Å²) < 4.78 is 0. The summed E-state index contributed by atoms with van der Waals surface area (Å²) in [5.41, 5.74) is 0. The molecule has 0 aliphatic carbocycles. The molecule has 1 fully saturated rings. The number of amides is 3. The van der Waals surface area contributed by atoms with Gasteiger partial charge in [-0.15, -0.1) is 0 Å². The number of hydrogen-bond donors (Lipinski definition) is 4. The zero-order chi connectivity index (χ0) is 15.1. The maximum Gasteiger partial charge on any atom is 0.322 e. The van der Waals surface area contributed by atoms with Crippen LogP contribution in [-0.2, 0) is 19.2 Å². The molecule has 0 saturated carbocycles. The van der Waals surface area contributed by atoms with Gasteiger partial charge in [0.25, 0.3) is 0 Å². The number of aliphatic carboxylic acids is 1. The van der Waals surface area contributed by atoms with Crippen molar-refractivity contribution >= 4 is 23.7 Å². The van der Waals surface area contributed by atoms with Crippen LogP contribution < -0.4 is 16.0 Å². The highest BCUT2D eigenvalue weighted by Crippen LogP contribution is 2.03. The van der Waals surface area contributed by atoms with Gasteiger partial charge in [-0.05, 0) is 0 Å². The first-order chi connectivity index (χ1) is 9.40. The highest BCUT2D eigenvalue weighted by molar-refractivity contribution is 5.85. The Balaban J connectivity index is 2.39. The molecular formula is C11H18N4O5. The first-order valence-corrected chi connectivity index (χ1v) is 6.15. The Morgan fingerprint density at radius 1 is 1.35 bits per heavy atom. The van der Waals surface area contributed by atoms with Gasteiger partial charge in [-0.1, -0.05) is 0 Å². The molecule has 1 heterocycles. The molecule has 1 rings (SSSR count). The predicted molar refractivity (Wildman–Crippen MR) is 67.7 cm³/mol. The van der Waals surface area contributed by atoms with Crippen molar-refractivity contribution in [2.24, 2.45) is 0 Å². The number of carboxylic acids is 1. The number of carboxylic acid groups (broad SMARTS) is 1. The van der Waals surface area contributed by atoms with Crippen molar-refractivity contribution < 1.29 is 24.3 Å². The van der Waals surface area contributed by atoms with Crippen LogP contribution in [0.15, 0.2) is 0 Å². The zero-order valence-electron chi connectivity index (χ0n) is 11.1. The molecule has 1 aliphatic heterocycles. The van der Waals surface area contributed by atoms with Crippen molar-refractivity contribution in [3.63, 3.8) is 0 Å². The van der Waals surface area contributed by atoms with Gasteiger partial charge < -0.3 is 21.1 Å². The summed E-state index contributed by atoms with van der Waals surface area (Å²) in [5.74, 6) is -1.99. The first kappa shape index (κ1) is 15.9. The number of rotatable bonds is 6. The third-order valence-corrected chi connectivity index (χ3v) is 2.73. The van der Waals surface area contributed by atoms with Crippen LogP contribution in [0.2, 0.25) is 0 Å². The Kier molecular flexibility index (Phi) is 5.91. The van der Waals surface area contributed by atoms with Crippen LogP contribution >= 0.6 is 0 Å². The van der Waals surface area contributed by atoms with Crippen molar-refractivity contribution in [1.82, 2.24) is 20.9 Å². The third kappa shape index (κ3) is 5.22. The lowest BCUT2D eigenvalue weighted by Crippen LogP contribution is -2.59. The standard InChI is InChI=1S/C11H18N4O5/c1-7(16)12-2-3-13-9(17)5-15-6-10(18)14-4-8(15)11(19)20/h8H,2-6H2,1H3,(H,12,16)(H,13,17)(H,14,18)(H,19,20). The SMILES string of the molecule is CC(=O)NCCNC(=O)CN1CC(=O)NCC1C(=O)O. The Morgan fingerprint density at radius 3 is 2.60 bits per heavy atom. The van der Waals surface area contributed by atoms with Gasteiger partial charge in [0.05, 0.1) is 13.1 Å². The lowest BCUT2D eigenvalue weighted by atomic mass is 10.2. The lowest BCUT2D eigenvalue weighted by molar-refractivity contribution is -0.146. The van der Waals surface area contributed by atoms with Gasteiger partial charge in [-0.3, -0.25) is 24.1 Å². The van der Waals surface area contributed by atoms with E-state index in [0.717, 1.165) is 0 Å². The van der Waals surface area contributed by atoms with Gasteiger partial charge in [0, 0.05) is 26.6 Å². The molecular weight excluding hydrogens is 268 g/mol. The van der Waals surface area contributed by atoms with Gasteiger partial charge in [0.1, 0.15) is 6.04 Å². The van der Waals surface area contributed by atoms with Crippen molar-refractivity contribution in [3.05, 3.63) is 0 Å². The van der Waals surface area contributed by atoms with E-state index in [0.29, 0.717) is 6.54 Å². The summed E-state index contributed by atoms with van der Waals surface area (Å²) in [7, 11) is 0. The summed E-state index contributed by atoms with van der Waals surface area (Å²) in [6.45, 7) is 1.58. The molecule has 1 aliphatic rings. The van der Waals surface area contributed by atoms with Gasteiger partial charge in [-0.25, -0.2) is 0 Å². The molecule has 1 atom stereocenters. The van der Waals surface area contributed by atoms with Crippen LogP contribution in [0, 0.1) is 0 Å². The van der Waals surface area contributed by atoms with Gasteiger partial charge >= 0.3 is 5.97 Å². The van der Waals surface area contributed by atoms with E-state index >= 15 is 0 Å². The van der Waals surface area contributed by atoms with Crippen molar-refractivity contribution in [2.75, 3.05) is 32.7 Å². The second kappa shape index (κ2) is 7.43. The molecule has 0 spiro atoms. The number of nitrogens with zero attached hydrogens (tertiary/aromatic N) is 1. The fourth-order valence-electron chi connectivity index (χ4n) is 1.78. The molecule has 112 valence electrons. The van der Waals surface area contributed by atoms with Gasteiger partial charge in [-0.2, -0.15) is 0 Å². The lowest BCUT2D eigenvalue weighted by Gasteiger charge is -2.31. The summed E-state index contributed by atoms with van der Waals surface area (Å²) in [4.78, 5) is 45.8.